The average Bonchev–Trinajstić information content (AvgIpc) is 3.12. The number of piperidine rings is 1. The van der Waals surface area contributed by atoms with Crippen LogP contribution in [0.15, 0.2) is 42.5 Å². The zero-order valence-electron chi connectivity index (χ0n) is 15.3. The Balaban J connectivity index is 1.51. The Kier molecular flexibility index (Phi) is 5.07. The summed E-state index contributed by atoms with van der Waals surface area (Å²) in [4.78, 5) is 13.9. The second kappa shape index (κ2) is 7.80. The van der Waals surface area contributed by atoms with E-state index in [2.05, 4.69) is 15.1 Å². The van der Waals surface area contributed by atoms with Crippen LogP contribution < -0.4 is 10.5 Å². The van der Waals surface area contributed by atoms with Crippen LogP contribution in [0.3, 0.4) is 0 Å². The van der Waals surface area contributed by atoms with Crippen LogP contribution in [-0.2, 0) is 0 Å². The smallest absolute Gasteiger partial charge is 0.248 e. The molecule has 0 unspecified atom stereocenters. The third-order valence-electron chi connectivity index (χ3n) is 5.08. The van der Waals surface area contributed by atoms with Gasteiger partial charge in [0.15, 0.2) is 0 Å². The lowest BCUT2D eigenvalue weighted by molar-refractivity contribution is 0.100. The van der Waals surface area contributed by atoms with Crippen molar-refractivity contribution in [1.29, 1.82) is 0 Å². The zero-order valence-corrected chi connectivity index (χ0v) is 15.3. The third-order valence-corrected chi connectivity index (χ3v) is 5.08. The number of ether oxygens (including phenoxy) is 1. The van der Waals surface area contributed by atoms with Gasteiger partial charge in [0.25, 0.3) is 0 Å². The van der Waals surface area contributed by atoms with Gasteiger partial charge in [-0.25, -0.2) is 0 Å². The predicted molar refractivity (Wildman–Crippen MR) is 106 cm³/mol. The Hall–Kier alpha value is -2.86. The number of benzene rings is 2. The number of aromatic nitrogens is 2. The molecule has 2 heterocycles. The molecule has 2 aromatic carbocycles. The fourth-order valence-corrected chi connectivity index (χ4v) is 3.60. The van der Waals surface area contributed by atoms with E-state index < -0.39 is 5.91 Å². The van der Waals surface area contributed by atoms with Crippen LogP contribution in [0, 0.1) is 0 Å². The summed E-state index contributed by atoms with van der Waals surface area (Å²) in [5.41, 5.74) is 8.48. The molecule has 1 aromatic heterocycles. The van der Waals surface area contributed by atoms with E-state index in [1.807, 2.05) is 30.3 Å². The number of rotatable bonds is 6. The van der Waals surface area contributed by atoms with Crippen molar-refractivity contribution in [3.05, 3.63) is 48.0 Å². The van der Waals surface area contributed by atoms with Crippen molar-refractivity contribution in [2.45, 2.75) is 19.3 Å². The fraction of sp³-hybridized carbons (Fsp3) is 0.333. The van der Waals surface area contributed by atoms with Crippen molar-refractivity contribution in [1.82, 2.24) is 15.1 Å². The number of carbonyl (C=O) groups excluding carboxylic acids is 1. The molecule has 0 aliphatic carbocycles. The molecule has 140 valence electrons. The number of H-pyrrole nitrogens is 1. The number of hydrogen-bond acceptors (Lipinski definition) is 4. The molecule has 3 N–H and O–H groups in total. The largest absolute Gasteiger partial charge is 0.492 e. The number of nitrogens with one attached hydrogen (secondary N) is 1. The molecule has 1 aliphatic heterocycles. The summed E-state index contributed by atoms with van der Waals surface area (Å²) in [5.74, 6) is 0.380. The molecule has 0 radical (unpaired) electrons. The maximum atomic E-state index is 11.5. The van der Waals surface area contributed by atoms with Gasteiger partial charge in [-0.2, -0.15) is 5.10 Å². The molecule has 0 spiro atoms. The minimum atomic E-state index is -0.446. The molecule has 1 amide bonds. The number of likely N-dealkylation sites (tertiary alicyclic amines) is 1. The maximum absolute atomic E-state index is 11.5. The molecule has 6 heteroatoms. The highest BCUT2D eigenvalue weighted by molar-refractivity contribution is 6.00. The molecule has 4 rings (SSSR count). The topological polar surface area (TPSA) is 84.2 Å². The molecule has 1 fully saturated rings. The van der Waals surface area contributed by atoms with Gasteiger partial charge < -0.3 is 10.5 Å². The highest BCUT2D eigenvalue weighted by Crippen LogP contribution is 2.29. The van der Waals surface area contributed by atoms with E-state index in [1.165, 1.54) is 32.4 Å². The third kappa shape index (κ3) is 3.95. The van der Waals surface area contributed by atoms with Gasteiger partial charge in [-0.05, 0) is 56.3 Å². The standard InChI is InChI=1S/C21H24N4O2/c22-21(26)16-7-8-19-18(14-16)20(24-23-19)15-5-4-6-17(13-15)27-12-11-25-9-2-1-3-10-25/h4-8,13-14H,1-3,9-12H2,(H2,22,26)(H,23,24). The van der Waals surface area contributed by atoms with Crippen LogP contribution in [0.4, 0.5) is 0 Å². The van der Waals surface area contributed by atoms with Gasteiger partial charge in [0.1, 0.15) is 18.1 Å². The lowest BCUT2D eigenvalue weighted by Crippen LogP contribution is -2.33. The van der Waals surface area contributed by atoms with E-state index in [0.717, 1.165) is 34.5 Å². The van der Waals surface area contributed by atoms with E-state index >= 15 is 0 Å². The highest BCUT2D eigenvalue weighted by atomic mass is 16.5. The van der Waals surface area contributed by atoms with Gasteiger partial charge in [0, 0.05) is 23.1 Å². The Morgan fingerprint density at radius 3 is 2.81 bits per heavy atom. The Morgan fingerprint density at radius 1 is 1.15 bits per heavy atom. The first kappa shape index (κ1) is 17.5. The summed E-state index contributed by atoms with van der Waals surface area (Å²) >= 11 is 0. The monoisotopic (exact) mass is 364 g/mol. The molecule has 0 bridgehead atoms. The Morgan fingerprint density at radius 2 is 2.00 bits per heavy atom. The molecule has 0 saturated carbocycles. The van der Waals surface area contributed by atoms with E-state index in [-0.39, 0.29) is 0 Å². The minimum Gasteiger partial charge on any atom is -0.492 e. The van der Waals surface area contributed by atoms with Crippen molar-refractivity contribution >= 4 is 16.8 Å². The van der Waals surface area contributed by atoms with E-state index in [4.69, 9.17) is 10.5 Å². The van der Waals surface area contributed by atoms with Gasteiger partial charge in [-0.3, -0.25) is 14.8 Å². The van der Waals surface area contributed by atoms with Crippen molar-refractivity contribution in [3.8, 4) is 17.0 Å². The summed E-state index contributed by atoms with van der Waals surface area (Å²) in [6.45, 7) is 3.98. The zero-order chi connectivity index (χ0) is 18.6. The van der Waals surface area contributed by atoms with E-state index in [9.17, 15) is 4.79 Å². The number of nitrogens with two attached hydrogens (primary N) is 1. The van der Waals surface area contributed by atoms with Crippen LogP contribution in [0.1, 0.15) is 29.6 Å². The normalized spacial score (nSPS) is 15.1. The number of primary amides is 1. The number of aromatic amines is 1. The van der Waals surface area contributed by atoms with Gasteiger partial charge in [-0.15, -0.1) is 0 Å². The predicted octanol–water partition coefficient (Wildman–Crippen LogP) is 3.19. The van der Waals surface area contributed by atoms with Crippen LogP contribution in [-0.4, -0.2) is 47.2 Å². The first-order chi connectivity index (χ1) is 13.2. The number of amides is 1. The molecular formula is C21H24N4O2. The highest BCUT2D eigenvalue weighted by Gasteiger charge is 2.12. The van der Waals surface area contributed by atoms with Crippen molar-refractivity contribution in [2.75, 3.05) is 26.2 Å². The van der Waals surface area contributed by atoms with Crippen molar-refractivity contribution < 1.29 is 9.53 Å². The minimum absolute atomic E-state index is 0.446. The lowest BCUT2D eigenvalue weighted by Gasteiger charge is -2.26. The second-order valence-corrected chi connectivity index (χ2v) is 6.98. The number of fused-ring (bicyclic) bond motifs is 1. The summed E-state index contributed by atoms with van der Waals surface area (Å²) in [6.07, 6.45) is 3.92. The first-order valence-corrected chi connectivity index (χ1v) is 9.44. The summed E-state index contributed by atoms with van der Waals surface area (Å²) in [5, 5.41) is 8.30. The van der Waals surface area contributed by atoms with Gasteiger partial charge >= 0.3 is 0 Å². The van der Waals surface area contributed by atoms with E-state index in [0.29, 0.717) is 12.2 Å². The summed E-state index contributed by atoms with van der Waals surface area (Å²) in [6, 6.07) is 13.2. The van der Waals surface area contributed by atoms with Crippen molar-refractivity contribution in [2.24, 2.45) is 5.73 Å². The molecule has 1 aliphatic rings. The van der Waals surface area contributed by atoms with Crippen LogP contribution in [0.25, 0.3) is 22.2 Å². The Labute approximate surface area is 158 Å². The van der Waals surface area contributed by atoms with Crippen LogP contribution >= 0.6 is 0 Å². The molecule has 1 saturated heterocycles. The van der Waals surface area contributed by atoms with E-state index in [1.54, 1.807) is 12.1 Å². The summed E-state index contributed by atoms with van der Waals surface area (Å²) < 4.78 is 5.97. The summed E-state index contributed by atoms with van der Waals surface area (Å²) in [7, 11) is 0. The second-order valence-electron chi connectivity index (χ2n) is 6.98. The first-order valence-electron chi connectivity index (χ1n) is 9.44. The Bertz CT molecular complexity index is 944. The molecule has 3 aromatic rings. The number of carbonyl (C=O) groups is 1. The molecular weight excluding hydrogens is 340 g/mol. The van der Waals surface area contributed by atoms with Gasteiger partial charge in [-0.1, -0.05) is 18.6 Å². The van der Waals surface area contributed by atoms with Gasteiger partial charge in [0.05, 0.1) is 5.52 Å². The van der Waals surface area contributed by atoms with Crippen LogP contribution in [0.2, 0.25) is 0 Å². The fourth-order valence-electron chi connectivity index (χ4n) is 3.60. The molecule has 6 nitrogen and oxygen atoms in total. The molecule has 27 heavy (non-hydrogen) atoms. The maximum Gasteiger partial charge on any atom is 0.248 e. The SMILES string of the molecule is NC(=O)c1ccc2[nH]nc(-c3cccc(OCCN4CCCCC4)c3)c2c1. The average molecular weight is 364 g/mol. The lowest BCUT2D eigenvalue weighted by atomic mass is 10.1. The number of nitrogens with zero attached hydrogens (tertiary/aromatic N) is 2. The molecule has 0 atom stereocenters. The van der Waals surface area contributed by atoms with Gasteiger partial charge in [0.2, 0.25) is 5.91 Å². The quantitative estimate of drug-likeness (QED) is 0.703. The van der Waals surface area contributed by atoms with Crippen molar-refractivity contribution in [3.63, 3.8) is 0 Å². The van der Waals surface area contributed by atoms with Crippen LogP contribution in [0.5, 0.6) is 5.75 Å². The number of hydrogen-bond donors (Lipinski definition) is 2.